The van der Waals surface area contributed by atoms with Gasteiger partial charge in [-0.3, -0.25) is 4.79 Å². The van der Waals surface area contributed by atoms with Gasteiger partial charge in [0.05, 0.1) is 10.6 Å². The first kappa shape index (κ1) is 25.1. The van der Waals surface area contributed by atoms with Crippen molar-refractivity contribution in [3.8, 4) is 11.5 Å². The summed E-state index contributed by atoms with van der Waals surface area (Å²) in [6.07, 6.45) is 1.31. The number of ether oxygens (including phenoxy) is 1. The van der Waals surface area contributed by atoms with Crippen molar-refractivity contribution in [1.82, 2.24) is 4.90 Å². The minimum absolute atomic E-state index is 0.0364. The molecule has 0 spiro atoms. The largest absolute Gasteiger partial charge is 0.507 e. The van der Waals surface area contributed by atoms with Gasteiger partial charge in [0.25, 0.3) is 5.91 Å². The molecule has 3 heterocycles. The first-order valence-electron chi connectivity index (χ1n) is 12.7. The number of nitrogens with zero attached hydrogens (tertiary/aromatic N) is 3. The maximum atomic E-state index is 13.6. The molecule has 1 fully saturated rings. The molecular formula is C29H34N4O3S. The van der Waals surface area contributed by atoms with Gasteiger partial charge in [-0.05, 0) is 86.5 Å². The van der Waals surface area contributed by atoms with Crippen LogP contribution in [0.5, 0.6) is 11.5 Å². The molecule has 37 heavy (non-hydrogen) atoms. The lowest BCUT2D eigenvalue weighted by atomic mass is 9.86. The van der Waals surface area contributed by atoms with Crippen molar-refractivity contribution in [3.05, 3.63) is 68.9 Å². The fourth-order valence-corrected chi connectivity index (χ4v) is 5.88. The lowest BCUT2D eigenvalue weighted by Gasteiger charge is -2.42. The number of hydrogen-bond donors (Lipinski definition) is 2. The normalized spacial score (nSPS) is 19.9. The Bertz CT molecular complexity index is 1340. The summed E-state index contributed by atoms with van der Waals surface area (Å²) in [7, 11) is 0. The van der Waals surface area contributed by atoms with Gasteiger partial charge in [0.1, 0.15) is 17.3 Å². The van der Waals surface area contributed by atoms with Crippen LogP contribution in [0.15, 0.2) is 46.8 Å². The fourth-order valence-electron chi connectivity index (χ4n) is 5.26. The highest BCUT2D eigenvalue weighted by atomic mass is 32.1. The molecule has 194 valence electrons. The topological polar surface area (TPSA) is 91.4 Å². The summed E-state index contributed by atoms with van der Waals surface area (Å²) in [5, 5.41) is 12.4. The molecule has 7 nitrogen and oxygen atoms in total. The van der Waals surface area contributed by atoms with Gasteiger partial charge in [0, 0.05) is 43.9 Å². The zero-order valence-electron chi connectivity index (χ0n) is 21.9. The maximum absolute atomic E-state index is 13.6. The minimum atomic E-state index is -0.905. The molecule has 0 saturated carbocycles. The van der Waals surface area contributed by atoms with Gasteiger partial charge in [-0.25, -0.2) is 4.99 Å². The third-order valence-corrected chi connectivity index (χ3v) is 8.67. The Labute approximate surface area is 222 Å². The summed E-state index contributed by atoms with van der Waals surface area (Å²) in [4.78, 5) is 23.3. The molecule has 1 aromatic heterocycles. The second kappa shape index (κ2) is 9.74. The van der Waals surface area contributed by atoms with Crippen molar-refractivity contribution in [2.75, 3.05) is 31.1 Å². The SMILES string of the molecule is Cc1c(C)c2c(c(C)c1O)CC[C@@](C)(C(=O)N1CCN(c3ccc(N=C(N)c4cccs4)cc3)CC1)O2. The third kappa shape index (κ3) is 4.66. The van der Waals surface area contributed by atoms with Gasteiger partial charge >= 0.3 is 0 Å². The van der Waals surface area contributed by atoms with Crippen molar-refractivity contribution < 1.29 is 14.6 Å². The van der Waals surface area contributed by atoms with E-state index in [9.17, 15) is 9.90 Å². The number of piperazine rings is 1. The second-order valence-corrected chi connectivity index (χ2v) is 11.1. The molecule has 0 bridgehead atoms. The summed E-state index contributed by atoms with van der Waals surface area (Å²) in [5.74, 6) is 1.65. The highest BCUT2D eigenvalue weighted by molar-refractivity contribution is 7.12. The van der Waals surface area contributed by atoms with Crippen LogP contribution in [0.1, 0.15) is 40.5 Å². The molecule has 8 heteroatoms. The van der Waals surface area contributed by atoms with Crippen molar-refractivity contribution in [2.45, 2.75) is 46.1 Å². The van der Waals surface area contributed by atoms with E-state index < -0.39 is 5.60 Å². The number of carbonyl (C=O) groups is 1. The number of aliphatic imine (C=N–C) groups is 1. The van der Waals surface area contributed by atoms with Crippen LogP contribution < -0.4 is 15.4 Å². The van der Waals surface area contributed by atoms with Gasteiger partial charge < -0.3 is 25.4 Å². The fraction of sp³-hybridized carbons (Fsp3) is 0.379. The molecule has 1 amide bonds. The number of hydrogen-bond acceptors (Lipinski definition) is 6. The van der Waals surface area contributed by atoms with E-state index >= 15 is 0 Å². The summed E-state index contributed by atoms with van der Waals surface area (Å²) >= 11 is 1.57. The number of benzene rings is 2. The monoisotopic (exact) mass is 518 g/mol. The average molecular weight is 519 g/mol. The van der Waals surface area contributed by atoms with Crippen molar-refractivity contribution in [2.24, 2.45) is 10.7 Å². The quantitative estimate of drug-likeness (QED) is 0.381. The molecule has 3 N–H and O–H groups in total. The van der Waals surface area contributed by atoms with Crippen LogP contribution in [0.2, 0.25) is 0 Å². The number of thiophene rings is 1. The Kier molecular flexibility index (Phi) is 6.62. The first-order valence-corrected chi connectivity index (χ1v) is 13.6. The Morgan fingerprint density at radius 1 is 1.05 bits per heavy atom. The third-order valence-electron chi connectivity index (χ3n) is 7.78. The van der Waals surface area contributed by atoms with E-state index in [-0.39, 0.29) is 5.91 Å². The summed E-state index contributed by atoms with van der Waals surface area (Å²) < 4.78 is 6.43. The molecule has 1 atom stereocenters. The van der Waals surface area contributed by atoms with Crippen molar-refractivity contribution in [3.63, 3.8) is 0 Å². The number of anilines is 1. The van der Waals surface area contributed by atoms with E-state index in [0.29, 0.717) is 37.5 Å². The van der Waals surface area contributed by atoms with E-state index in [1.807, 2.05) is 62.2 Å². The van der Waals surface area contributed by atoms with Gasteiger partial charge in [-0.15, -0.1) is 11.3 Å². The van der Waals surface area contributed by atoms with E-state index in [1.165, 1.54) is 0 Å². The van der Waals surface area contributed by atoms with Crippen molar-refractivity contribution in [1.29, 1.82) is 0 Å². The van der Waals surface area contributed by atoms with E-state index in [2.05, 4.69) is 22.0 Å². The Morgan fingerprint density at radius 2 is 1.76 bits per heavy atom. The number of phenols is 1. The number of aromatic hydroxyl groups is 1. The predicted molar refractivity (Wildman–Crippen MR) is 150 cm³/mol. The number of rotatable bonds is 4. The van der Waals surface area contributed by atoms with Crippen LogP contribution in [-0.4, -0.2) is 53.5 Å². The van der Waals surface area contributed by atoms with E-state index in [4.69, 9.17) is 10.5 Å². The first-order chi connectivity index (χ1) is 17.7. The smallest absolute Gasteiger partial charge is 0.266 e. The Hall–Kier alpha value is -3.52. The highest BCUT2D eigenvalue weighted by Crippen LogP contribution is 2.43. The lowest BCUT2D eigenvalue weighted by molar-refractivity contribution is -0.148. The summed E-state index contributed by atoms with van der Waals surface area (Å²) in [6.45, 7) is 10.5. The van der Waals surface area contributed by atoms with Gasteiger partial charge in [0.2, 0.25) is 0 Å². The average Bonchev–Trinajstić information content (AvgIpc) is 3.46. The van der Waals surface area contributed by atoms with Crippen LogP contribution >= 0.6 is 11.3 Å². The zero-order valence-corrected chi connectivity index (χ0v) is 22.7. The molecule has 5 rings (SSSR count). The van der Waals surface area contributed by atoms with Crippen molar-refractivity contribution >= 4 is 34.5 Å². The van der Waals surface area contributed by atoms with Crippen LogP contribution in [0.25, 0.3) is 0 Å². The second-order valence-electron chi connectivity index (χ2n) is 10.1. The van der Waals surface area contributed by atoms with E-state index in [0.717, 1.165) is 57.3 Å². The molecule has 0 radical (unpaired) electrons. The standard InChI is InChI=1S/C29H34N4O3S/c1-18-19(2)26-23(20(3)25(18)34)11-12-29(4,36-26)28(35)33-15-13-32(14-16-33)22-9-7-21(8-10-22)31-27(30)24-6-5-17-37-24/h5-10,17,34H,11-16H2,1-4H3,(H2,30,31)/t29-/m0/s1. The highest BCUT2D eigenvalue weighted by Gasteiger charge is 2.43. The Morgan fingerprint density at radius 3 is 2.41 bits per heavy atom. The van der Waals surface area contributed by atoms with Crippen LogP contribution in [-0.2, 0) is 11.2 Å². The van der Waals surface area contributed by atoms with Crippen LogP contribution in [0.3, 0.4) is 0 Å². The van der Waals surface area contributed by atoms with Gasteiger partial charge in [0.15, 0.2) is 5.60 Å². The van der Waals surface area contributed by atoms with Gasteiger partial charge in [-0.1, -0.05) is 6.07 Å². The number of phenolic OH excluding ortho intramolecular Hbond substituents is 1. The predicted octanol–water partition coefficient (Wildman–Crippen LogP) is 4.85. The molecular weight excluding hydrogens is 484 g/mol. The van der Waals surface area contributed by atoms with E-state index in [1.54, 1.807) is 11.3 Å². The van der Waals surface area contributed by atoms with Crippen LogP contribution in [0, 0.1) is 20.8 Å². The number of fused-ring (bicyclic) bond motifs is 1. The number of amidine groups is 1. The van der Waals surface area contributed by atoms with Gasteiger partial charge in [-0.2, -0.15) is 0 Å². The molecule has 3 aromatic rings. The summed E-state index contributed by atoms with van der Waals surface area (Å²) in [5.41, 5.74) is 10.7. The zero-order chi connectivity index (χ0) is 26.3. The minimum Gasteiger partial charge on any atom is -0.507 e. The molecule has 2 aromatic carbocycles. The molecule has 0 aliphatic carbocycles. The Balaban J connectivity index is 1.23. The molecule has 2 aliphatic heterocycles. The number of amides is 1. The lowest BCUT2D eigenvalue weighted by Crippen LogP contribution is -2.57. The molecule has 0 unspecified atom stereocenters. The maximum Gasteiger partial charge on any atom is 0.266 e. The molecule has 2 aliphatic rings. The number of nitrogens with two attached hydrogens (primary N) is 1. The van der Waals surface area contributed by atoms with Crippen LogP contribution in [0.4, 0.5) is 11.4 Å². The molecule has 1 saturated heterocycles. The summed E-state index contributed by atoms with van der Waals surface area (Å²) in [6, 6.07) is 12.0. The number of carbonyl (C=O) groups excluding carboxylic acids is 1.